The first kappa shape index (κ1) is 14.2. The molecule has 0 bridgehead atoms. The second-order valence-electron chi connectivity index (χ2n) is 4.13. The lowest BCUT2D eigenvalue weighted by Gasteiger charge is -2.29. The molecule has 0 fully saturated rings. The maximum absolute atomic E-state index is 10.6. The van der Waals surface area contributed by atoms with Gasteiger partial charge >= 0.3 is 5.97 Å². The number of anilines is 1. The van der Waals surface area contributed by atoms with Crippen LogP contribution in [-0.2, 0) is 4.79 Å². The Morgan fingerprint density at radius 3 is 2.83 bits per heavy atom. The molecule has 1 aromatic heterocycles. The van der Waals surface area contributed by atoms with Crippen molar-refractivity contribution in [2.24, 2.45) is 0 Å². The van der Waals surface area contributed by atoms with Crippen molar-refractivity contribution in [2.75, 3.05) is 11.4 Å². The fourth-order valence-corrected chi connectivity index (χ4v) is 1.83. The van der Waals surface area contributed by atoms with Gasteiger partial charge in [0.25, 0.3) is 0 Å². The van der Waals surface area contributed by atoms with E-state index in [-0.39, 0.29) is 0 Å². The first-order valence-corrected chi connectivity index (χ1v) is 6.22. The smallest absolute Gasteiger partial charge is 0.328 e. The molecule has 0 spiro atoms. The van der Waals surface area contributed by atoms with Gasteiger partial charge in [-0.3, -0.25) is 0 Å². The van der Waals surface area contributed by atoms with E-state index < -0.39 is 5.97 Å². The van der Waals surface area contributed by atoms with Crippen LogP contribution < -0.4 is 4.90 Å². The first-order chi connectivity index (χ1) is 8.60. The van der Waals surface area contributed by atoms with Crippen LogP contribution in [0, 0.1) is 0 Å². The SMILES string of the molecule is CCC(C)N(CC)c1ncccc1/C=C/C(=O)O. The van der Waals surface area contributed by atoms with Gasteiger partial charge in [0.2, 0.25) is 0 Å². The van der Waals surface area contributed by atoms with Crippen molar-refractivity contribution in [2.45, 2.75) is 33.2 Å². The molecule has 18 heavy (non-hydrogen) atoms. The third-order valence-corrected chi connectivity index (χ3v) is 2.96. The maximum atomic E-state index is 10.6. The Kier molecular flexibility index (Phi) is 5.36. The second-order valence-corrected chi connectivity index (χ2v) is 4.13. The van der Waals surface area contributed by atoms with Crippen LogP contribution in [0.1, 0.15) is 32.8 Å². The summed E-state index contributed by atoms with van der Waals surface area (Å²) in [5.74, 6) is -0.108. The summed E-state index contributed by atoms with van der Waals surface area (Å²) in [6.45, 7) is 7.19. The molecule has 98 valence electrons. The molecule has 4 nitrogen and oxygen atoms in total. The van der Waals surface area contributed by atoms with E-state index in [1.54, 1.807) is 12.3 Å². The molecule has 1 unspecified atom stereocenters. The van der Waals surface area contributed by atoms with Crippen molar-refractivity contribution in [3.05, 3.63) is 30.0 Å². The van der Waals surface area contributed by atoms with Crippen LogP contribution in [0.15, 0.2) is 24.4 Å². The van der Waals surface area contributed by atoms with Crippen molar-refractivity contribution in [3.63, 3.8) is 0 Å². The highest BCUT2D eigenvalue weighted by Gasteiger charge is 2.14. The summed E-state index contributed by atoms with van der Waals surface area (Å²) in [4.78, 5) is 17.2. The zero-order valence-corrected chi connectivity index (χ0v) is 11.1. The normalized spacial score (nSPS) is 12.6. The number of carbonyl (C=O) groups is 1. The number of nitrogens with zero attached hydrogens (tertiary/aromatic N) is 2. The van der Waals surface area contributed by atoms with Gasteiger partial charge in [-0.2, -0.15) is 0 Å². The van der Waals surface area contributed by atoms with E-state index in [2.05, 4.69) is 30.7 Å². The molecule has 0 radical (unpaired) electrons. The third-order valence-electron chi connectivity index (χ3n) is 2.96. The molecule has 0 aromatic carbocycles. The van der Waals surface area contributed by atoms with Gasteiger partial charge in [0.05, 0.1) is 0 Å². The summed E-state index contributed by atoms with van der Waals surface area (Å²) in [6.07, 6.45) is 5.49. The van der Waals surface area contributed by atoms with Gasteiger partial charge in [0, 0.05) is 30.4 Å². The van der Waals surface area contributed by atoms with Crippen LogP contribution in [-0.4, -0.2) is 28.6 Å². The highest BCUT2D eigenvalue weighted by molar-refractivity contribution is 5.86. The molecule has 1 heterocycles. The van der Waals surface area contributed by atoms with E-state index in [4.69, 9.17) is 5.11 Å². The quantitative estimate of drug-likeness (QED) is 0.786. The Balaban J connectivity index is 3.10. The molecule has 4 heteroatoms. The fourth-order valence-electron chi connectivity index (χ4n) is 1.83. The van der Waals surface area contributed by atoms with Crippen LogP contribution in [0.4, 0.5) is 5.82 Å². The van der Waals surface area contributed by atoms with Gasteiger partial charge in [-0.25, -0.2) is 9.78 Å². The average molecular weight is 248 g/mol. The minimum absolute atomic E-state index is 0.377. The Morgan fingerprint density at radius 2 is 2.28 bits per heavy atom. The van der Waals surface area contributed by atoms with Gasteiger partial charge in [0.1, 0.15) is 5.82 Å². The highest BCUT2D eigenvalue weighted by Crippen LogP contribution is 2.21. The molecule has 0 saturated heterocycles. The van der Waals surface area contributed by atoms with Gasteiger partial charge in [-0.1, -0.05) is 6.92 Å². The number of hydrogen-bond donors (Lipinski definition) is 1. The Morgan fingerprint density at radius 1 is 1.56 bits per heavy atom. The number of carboxylic acid groups (broad SMARTS) is 1. The third kappa shape index (κ3) is 3.58. The van der Waals surface area contributed by atoms with Crippen LogP contribution >= 0.6 is 0 Å². The van der Waals surface area contributed by atoms with E-state index in [9.17, 15) is 4.79 Å². The first-order valence-electron chi connectivity index (χ1n) is 6.22. The number of aromatic nitrogens is 1. The molecule has 0 aliphatic carbocycles. The molecule has 1 rings (SSSR count). The van der Waals surface area contributed by atoms with Crippen molar-refractivity contribution < 1.29 is 9.90 Å². The van der Waals surface area contributed by atoms with E-state index in [0.29, 0.717) is 6.04 Å². The average Bonchev–Trinajstić information content (AvgIpc) is 2.38. The predicted octanol–water partition coefficient (Wildman–Crippen LogP) is 2.80. The standard InChI is InChI=1S/C14H20N2O2/c1-4-11(3)16(5-2)14-12(7-6-10-15-14)8-9-13(17)18/h6-11H,4-5H2,1-3H3,(H,17,18)/b9-8+. The van der Waals surface area contributed by atoms with E-state index >= 15 is 0 Å². The Labute approximate surface area is 108 Å². The lowest BCUT2D eigenvalue weighted by atomic mass is 10.1. The van der Waals surface area contributed by atoms with Crippen LogP contribution in [0.2, 0.25) is 0 Å². The molecule has 0 aliphatic rings. The number of pyridine rings is 1. The lowest BCUT2D eigenvalue weighted by Crippen LogP contribution is -2.33. The zero-order valence-electron chi connectivity index (χ0n) is 11.1. The minimum Gasteiger partial charge on any atom is -0.478 e. The Bertz CT molecular complexity index is 430. The molecule has 1 N–H and O–H groups in total. The van der Waals surface area contributed by atoms with E-state index in [0.717, 1.165) is 30.4 Å². The minimum atomic E-state index is -0.948. The van der Waals surface area contributed by atoms with E-state index in [1.165, 1.54) is 0 Å². The van der Waals surface area contributed by atoms with Gasteiger partial charge in [-0.05, 0) is 38.5 Å². The topological polar surface area (TPSA) is 53.4 Å². The molecule has 0 saturated carbocycles. The number of carboxylic acids is 1. The van der Waals surface area contributed by atoms with Gasteiger partial charge in [0.15, 0.2) is 0 Å². The molecule has 0 aliphatic heterocycles. The predicted molar refractivity (Wildman–Crippen MR) is 73.7 cm³/mol. The summed E-state index contributed by atoms with van der Waals surface area (Å²) in [5.41, 5.74) is 0.835. The van der Waals surface area contributed by atoms with E-state index in [1.807, 2.05) is 12.1 Å². The summed E-state index contributed by atoms with van der Waals surface area (Å²) in [6, 6.07) is 4.07. The Hall–Kier alpha value is -1.84. The zero-order chi connectivity index (χ0) is 13.5. The van der Waals surface area contributed by atoms with Crippen molar-refractivity contribution in [1.82, 2.24) is 4.98 Å². The summed E-state index contributed by atoms with van der Waals surface area (Å²) in [5, 5.41) is 8.70. The van der Waals surface area contributed by atoms with Crippen molar-refractivity contribution >= 4 is 17.9 Å². The number of rotatable bonds is 6. The van der Waals surface area contributed by atoms with Crippen LogP contribution in [0.25, 0.3) is 6.08 Å². The van der Waals surface area contributed by atoms with Crippen molar-refractivity contribution in [1.29, 1.82) is 0 Å². The molecule has 1 atom stereocenters. The summed E-state index contributed by atoms with van der Waals surface area (Å²) < 4.78 is 0. The monoisotopic (exact) mass is 248 g/mol. The lowest BCUT2D eigenvalue weighted by molar-refractivity contribution is -0.131. The summed E-state index contributed by atoms with van der Waals surface area (Å²) in [7, 11) is 0. The van der Waals surface area contributed by atoms with Crippen LogP contribution in [0.5, 0.6) is 0 Å². The molecular formula is C14H20N2O2. The fraction of sp³-hybridized carbons (Fsp3) is 0.429. The molecule has 1 aromatic rings. The number of hydrogen-bond acceptors (Lipinski definition) is 3. The second kappa shape index (κ2) is 6.79. The van der Waals surface area contributed by atoms with Gasteiger partial charge < -0.3 is 10.0 Å². The summed E-state index contributed by atoms with van der Waals surface area (Å²) >= 11 is 0. The number of aliphatic carboxylic acids is 1. The van der Waals surface area contributed by atoms with Crippen LogP contribution in [0.3, 0.4) is 0 Å². The maximum Gasteiger partial charge on any atom is 0.328 e. The largest absolute Gasteiger partial charge is 0.478 e. The molecule has 0 amide bonds. The van der Waals surface area contributed by atoms with Crippen molar-refractivity contribution in [3.8, 4) is 0 Å². The highest BCUT2D eigenvalue weighted by atomic mass is 16.4. The molecular weight excluding hydrogens is 228 g/mol. The van der Waals surface area contributed by atoms with Gasteiger partial charge in [-0.15, -0.1) is 0 Å².